The van der Waals surface area contributed by atoms with Gasteiger partial charge in [0.15, 0.2) is 5.16 Å². The van der Waals surface area contributed by atoms with E-state index in [4.69, 9.17) is 21.4 Å². The monoisotopic (exact) mass is 314 g/mol. The minimum absolute atomic E-state index is 0.0126. The lowest BCUT2D eigenvalue weighted by molar-refractivity contribution is -0.133. The molecule has 2 aromatic rings. The third-order valence-electron chi connectivity index (χ3n) is 2.73. The summed E-state index contributed by atoms with van der Waals surface area (Å²) in [6.45, 7) is 1.36. The van der Waals surface area contributed by atoms with Gasteiger partial charge in [-0.25, -0.2) is 4.98 Å². The number of aliphatic carboxylic acids is 1. The van der Waals surface area contributed by atoms with Gasteiger partial charge in [-0.1, -0.05) is 23.4 Å². The molecule has 0 fully saturated rings. The molecule has 1 aromatic carbocycles. The van der Waals surface area contributed by atoms with Crippen LogP contribution in [0.25, 0.3) is 11.0 Å². The van der Waals surface area contributed by atoms with Crippen molar-refractivity contribution in [3.8, 4) is 0 Å². The van der Waals surface area contributed by atoms with E-state index in [-0.39, 0.29) is 5.75 Å². The van der Waals surface area contributed by atoms with Gasteiger partial charge in [0, 0.05) is 25.3 Å². The highest BCUT2D eigenvalue weighted by Gasteiger charge is 2.13. The van der Waals surface area contributed by atoms with Gasteiger partial charge < -0.3 is 14.4 Å². The standard InChI is InChI=1S/C13H15ClN2O3S/c1-19-6-2-5-16-11-7-9(14)3-4-10(11)15-13(16)20-8-12(17)18/h3-4,7H,2,5-6,8H2,1H3,(H,17,18). The Morgan fingerprint density at radius 3 is 3.05 bits per heavy atom. The number of thioether (sulfide) groups is 1. The molecule has 0 spiro atoms. The molecule has 1 N–H and O–H groups in total. The molecule has 0 aliphatic rings. The van der Waals surface area contributed by atoms with E-state index < -0.39 is 5.97 Å². The number of methoxy groups -OCH3 is 1. The maximum atomic E-state index is 10.7. The van der Waals surface area contributed by atoms with Crippen molar-refractivity contribution in [3.63, 3.8) is 0 Å². The Labute approximate surface area is 125 Å². The number of nitrogens with zero attached hydrogens (tertiary/aromatic N) is 2. The van der Waals surface area contributed by atoms with Crippen LogP contribution in [0, 0.1) is 0 Å². The van der Waals surface area contributed by atoms with E-state index in [1.807, 2.05) is 16.7 Å². The normalized spacial score (nSPS) is 11.1. The van der Waals surface area contributed by atoms with Gasteiger partial charge in [-0.2, -0.15) is 0 Å². The van der Waals surface area contributed by atoms with E-state index >= 15 is 0 Å². The first-order chi connectivity index (χ1) is 9.61. The number of rotatable bonds is 7. The zero-order valence-corrected chi connectivity index (χ0v) is 12.6. The molecule has 5 nitrogen and oxygen atoms in total. The number of fused-ring (bicyclic) bond motifs is 1. The van der Waals surface area contributed by atoms with Crippen molar-refractivity contribution in [1.82, 2.24) is 9.55 Å². The molecule has 0 bridgehead atoms. The second-order valence-electron chi connectivity index (χ2n) is 4.21. The molecule has 0 amide bonds. The summed E-state index contributed by atoms with van der Waals surface area (Å²) in [6.07, 6.45) is 0.828. The van der Waals surface area contributed by atoms with Gasteiger partial charge >= 0.3 is 5.97 Å². The van der Waals surface area contributed by atoms with Crippen molar-refractivity contribution in [3.05, 3.63) is 23.2 Å². The smallest absolute Gasteiger partial charge is 0.313 e. The average molecular weight is 315 g/mol. The van der Waals surface area contributed by atoms with Crippen molar-refractivity contribution in [1.29, 1.82) is 0 Å². The van der Waals surface area contributed by atoms with E-state index in [0.29, 0.717) is 23.3 Å². The SMILES string of the molecule is COCCCn1c(SCC(=O)O)nc2ccc(Cl)cc21. The molecule has 1 heterocycles. The maximum Gasteiger partial charge on any atom is 0.313 e. The van der Waals surface area contributed by atoms with Crippen LogP contribution >= 0.6 is 23.4 Å². The number of benzene rings is 1. The van der Waals surface area contributed by atoms with Gasteiger partial charge in [0.1, 0.15) is 0 Å². The molecule has 108 valence electrons. The average Bonchev–Trinajstić information content (AvgIpc) is 2.74. The lowest BCUT2D eigenvalue weighted by atomic mass is 10.3. The molecule has 0 saturated carbocycles. The fraction of sp³-hybridized carbons (Fsp3) is 0.385. The Hall–Kier alpha value is -1.24. The van der Waals surface area contributed by atoms with Crippen molar-refractivity contribution in [2.45, 2.75) is 18.1 Å². The van der Waals surface area contributed by atoms with E-state index in [2.05, 4.69) is 4.98 Å². The molecule has 20 heavy (non-hydrogen) atoms. The van der Waals surface area contributed by atoms with E-state index in [1.165, 1.54) is 11.8 Å². The summed E-state index contributed by atoms with van der Waals surface area (Å²) < 4.78 is 7.05. The lowest BCUT2D eigenvalue weighted by Gasteiger charge is -2.08. The second-order valence-corrected chi connectivity index (χ2v) is 5.59. The minimum Gasteiger partial charge on any atom is -0.481 e. The third kappa shape index (κ3) is 3.65. The number of aryl methyl sites for hydroxylation is 1. The Morgan fingerprint density at radius 1 is 1.55 bits per heavy atom. The maximum absolute atomic E-state index is 10.7. The van der Waals surface area contributed by atoms with Gasteiger partial charge in [-0.05, 0) is 24.6 Å². The molecule has 0 unspecified atom stereocenters. The van der Waals surface area contributed by atoms with Crippen molar-refractivity contribution in [2.24, 2.45) is 0 Å². The van der Waals surface area contributed by atoms with Crippen LogP contribution < -0.4 is 0 Å². The Morgan fingerprint density at radius 2 is 2.35 bits per heavy atom. The van der Waals surface area contributed by atoms with Gasteiger partial charge in [-0.3, -0.25) is 4.79 Å². The predicted molar refractivity (Wildman–Crippen MR) is 79.6 cm³/mol. The lowest BCUT2D eigenvalue weighted by Crippen LogP contribution is -2.05. The number of halogens is 1. The summed E-state index contributed by atoms with van der Waals surface area (Å²) in [7, 11) is 1.66. The largest absolute Gasteiger partial charge is 0.481 e. The van der Waals surface area contributed by atoms with E-state index in [9.17, 15) is 4.79 Å². The van der Waals surface area contributed by atoms with Gasteiger partial charge in [0.2, 0.25) is 0 Å². The topological polar surface area (TPSA) is 64.3 Å². The quantitative estimate of drug-likeness (QED) is 0.629. The van der Waals surface area contributed by atoms with Gasteiger partial charge in [0.05, 0.1) is 16.8 Å². The first-order valence-electron chi connectivity index (χ1n) is 6.11. The highest BCUT2D eigenvalue weighted by Crippen LogP contribution is 2.26. The minimum atomic E-state index is -0.858. The fourth-order valence-electron chi connectivity index (χ4n) is 1.89. The van der Waals surface area contributed by atoms with E-state index in [0.717, 1.165) is 17.5 Å². The van der Waals surface area contributed by atoms with Crippen LogP contribution in [0.4, 0.5) is 0 Å². The Balaban J connectivity index is 2.32. The number of carboxylic acids is 1. The molecule has 7 heteroatoms. The summed E-state index contributed by atoms with van der Waals surface area (Å²) >= 11 is 7.24. The van der Waals surface area contributed by atoms with Crippen molar-refractivity contribution < 1.29 is 14.6 Å². The number of carbonyl (C=O) groups is 1. The number of ether oxygens (including phenoxy) is 1. The van der Waals surface area contributed by atoms with Crippen molar-refractivity contribution in [2.75, 3.05) is 19.5 Å². The molecule has 0 atom stereocenters. The Bertz CT molecular complexity index is 615. The first-order valence-corrected chi connectivity index (χ1v) is 7.47. The molecule has 0 aliphatic heterocycles. The van der Waals surface area contributed by atoms with Gasteiger partial charge in [0.25, 0.3) is 0 Å². The van der Waals surface area contributed by atoms with Crippen molar-refractivity contribution >= 4 is 40.4 Å². The zero-order valence-electron chi connectivity index (χ0n) is 11.0. The summed E-state index contributed by atoms with van der Waals surface area (Å²) in [5.41, 5.74) is 1.74. The summed E-state index contributed by atoms with van der Waals surface area (Å²) in [6, 6.07) is 5.47. The first kappa shape index (κ1) is 15.2. The zero-order chi connectivity index (χ0) is 14.5. The highest BCUT2D eigenvalue weighted by molar-refractivity contribution is 7.99. The predicted octanol–water partition coefficient (Wildman–Crippen LogP) is 2.90. The van der Waals surface area contributed by atoms with Crippen LogP contribution in [0.1, 0.15) is 6.42 Å². The van der Waals surface area contributed by atoms with Crippen LogP contribution in [0.15, 0.2) is 23.4 Å². The molecule has 2 rings (SSSR count). The Kier molecular flexibility index (Phi) is 5.28. The van der Waals surface area contributed by atoms with Crippen LogP contribution in [0.2, 0.25) is 5.02 Å². The fourth-order valence-corrected chi connectivity index (χ4v) is 2.82. The summed E-state index contributed by atoms with van der Waals surface area (Å²) in [4.78, 5) is 15.2. The summed E-state index contributed by atoms with van der Waals surface area (Å²) in [5.74, 6) is -0.870. The van der Waals surface area contributed by atoms with Crippen LogP contribution in [-0.2, 0) is 16.1 Å². The molecular weight excluding hydrogens is 300 g/mol. The van der Waals surface area contributed by atoms with Crippen LogP contribution in [-0.4, -0.2) is 40.1 Å². The van der Waals surface area contributed by atoms with E-state index in [1.54, 1.807) is 13.2 Å². The molecular formula is C13H15ClN2O3S. The van der Waals surface area contributed by atoms with Crippen LogP contribution in [0.3, 0.4) is 0 Å². The number of carboxylic acid groups (broad SMARTS) is 1. The number of hydrogen-bond donors (Lipinski definition) is 1. The number of imidazole rings is 1. The van der Waals surface area contributed by atoms with Gasteiger partial charge in [-0.15, -0.1) is 0 Å². The molecule has 0 radical (unpaired) electrons. The van der Waals surface area contributed by atoms with Crippen LogP contribution in [0.5, 0.6) is 0 Å². The second kappa shape index (κ2) is 6.97. The summed E-state index contributed by atoms with van der Waals surface area (Å²) in [5, 5.41) is 10.1. The highest BCUT2D eigenvalue weighted by atomic mass is 35.5. The molecule has 0 saturated heterocycles. The molecule has 0 aliphatic carbocycles. The molecule has 1 aromatic heterocycles. The number of aromatic nitrogens is 2. The number of hydrogen-bond acceptors (Lipinski definition) is 4. The third-order valence-corrected chi connectivity index (χ3v) is 3.93.